The van der Waals surface area contributed by atoms with Crippen LogP contribution in [0.25, 0.3) is 0 Å². The molecular formula is C20H30O4. The second kappa shape index (κ2) is 7.24. The number of hydrogen-bond acceptors (Lipinski definition) is 4. The van der Waals surface area contributed by atoms with E-state index >= 15 is 0 Å². The van der Waals surface area contributed by atoms with Crippen molar-refractivity contribution in [1.82, 2.24) is 0 Å². The smallest absolute Gasteiger partial charge is 0.310 e. The van der Waals surface area contributed by atoms with Gasteiger partial charge in [-0.05, 0) is 48.6 Å². The minimum Gasteiger partial charge on any atom is -0.466 e. The molecule has 0 amide bonds. The van der Waals surface area contributed by atoms with Crippen molar-refractivity contribution in [2.45, 2.75) is 65.1 Å². The van der Waals surface area contributed by atoms with Gasteiger partial charge in [-0.3, -0.25) is 4.79 Å². The normalized spacial score (nSPS) is 27.8. The number of aliphatic hydroxyl groups excluding tert-OH is 1. The van der Waals surface area contributed by atoms with E-state index in [1.165, 1.54) is 0 Å². The van der Waals surface area contributed by atoms with E-state index in [1.807, 2.05) is 24.3 Å². The topological polar surface area (TPSA) is 66.8 Å². The van der Waals surface area contributed by atoms with Crippen LogP contribution in [0.4, 0.5) is 0 Å². The van der Waals surface area contributed by atoms with Crippen molar-refractivity contribution >= 4 is 5.97 Å². The summed E-state index contributed by atoms with van der Waals surface area (Å²) in [6.07, 6.45) is 1.49. The summed E-state index contributed by atoms with van der Waals surface area (Å²) in [6.45, 7) is 8.69. The van der Waals surface area contributed by atoms with Crippen LogP contribution in [0.2, 0.25) is 0 Å². The van der Waals surface area contributed by atoms with E-state index in [0.717, 1.165) is 17.5 Å². The molecule has 1 aromatic carbocycles. The zero-order valence-corrected chi connectivity index (χ0v) is 15.2. The van der Waals surface area contributed by atoms with Crippen LogP contribution in [0.3, 0.4) is 0 Å². The lowest BCUT2D eigenvalue weighted by molar-refractivity contribution is -0.142. The number of hydrogen-bond donors (Lipinski definition) is 2. The number of carbonyl (C=O) groups is 1. The van der Waals surface area contributed by atoms with E-state index in [4.69, 9.17) is 4.74 Å². The van der Waals surface area contributed by atoms with Gasteiger partial charge in [0.1, 0.15) is 5.60 Å². The Morgan fingerprint density at radius 2 is 1.92 bits per heavy atom. The van der Waals surface area contributed by atoms with Crippen molar-refractivity contribution in [2.24, 2.45) is 11.3 Å². The molecule has 134 valence electrons. The molecule has 3 unspecified atom stereocenters. The second-order valence-electron chi connectivity index (χ2n) is 7.96. The molecule has 0 heterocycles. The molecule has 0 aliphatic heterocycles. The lowest BCUT2D eigenvalue weighted by atomic mass is 9.65. The Labute approximate surface area is 144 Å². The monoisotopic (exact) mass is 334 g/mol. The van der Waals surface area contributed by atoms with Crippen molar-refractivity contribution in [3.05, 3.63) is 35.4 Å². The fraction of sp³-hybridized carbons (Fsp3) is 0.650. The van der Waals surface area contributed by atoms with Crippen molar-refractivity contribution in [3.8, 4) is 0 Å². The summed E-state index contributed by atoms with van der Waals surface area (Å²) in [4.78, 5) is 11.5. The highest BCUT2D eigenvalue weighted by Gasteiger charge is 2.45. The van der Waals surface area contributed by atoms with Crippen LogP contribution in [0.15, 0.2) is 24.3 Å². The molecule has 1 saturated carbocycles. The molecule has 0 spiro atoms. The summed E-state index contributed by atoms with van der Waals surface area (Å²) in [5.74, 6) is 0.144. The van der Waals surface area contributed by atoms with E-state index in [2.05, 4.69) is 20.8 Å². The maximum absolute atomic E-state index is 11.5. The Hall–Kier alpha value is -1.39. The molecule has 1 fully saturated rings. The first-order chi connectivity index (χ1) is 11.2. The second-order valence-corrected chi connectivity index (χ2v) is 7.96. The van der Waals surface area contributed by atoms with E-state index < -0.39 is 11.7 Å². The van der Waals surface area contributed by atoms with Crippen LogP contribution in [-0.4, -0.2) is 28.9 Å². The minimum atomic E-state index is -1.20. The van der Waals surface area contributed by atoms with E-state index in [1.54, 1.807) is 6.92 Å². The Kier molecular flexibility index (Phi) is 5.71. The van der Waals surface area contributed by atoms with Crippen LogP contribution < -0.4 is 0 Å². The first-order valence-electron chi connectivity index (χ1n) is 8.82. The summed E-state index contributed by atoms with van der Waals surface area (Å²) in [5, 5.41) is 21.6. The standard InChI is InChI=1S/C20H30O4/c1-5-24-18(22)12-14-6-8-15(9-7-14)20(23)11-10-16(13-17(20)21)19(2,3)4/h6-9,16-17,21,23H,5,10-13H2,1-4H3. The third kappa shape index (κ3) is 4.17. The molecule has 24 heavy (non-hydrogen) atoms. The fourth-order valence-corrected chi connectivity index (χ4v) is 3.56. The Bertz CT molecular complexity index is 558. The van der Waals surface area contributed by atoms with Gasteiger partial charge >= 0.3 is 5.97 Å². The molecule has 0 radical (unpaired) electrons. The Morgan fingerprint density at radius 3 is 2.42 bits per heavy atom. The lowest BCUT2D eigenvalue weighted by Gasteiger charge is -2.44. The van der Waals surface area contributed by atoms with E-state index in [0.29, 0.717) is 25.4 Å². The summed E-state index contributed by atoms with van der Waals surface area (Å²) in [6, 6.07) is 7.28. The number of benzene rings is 1. The summed E-state index contributed by atoms with van der Waals surface area (Å²) in [7, 11) is 0. The highest BCUT2D eigenvalue weighted by atomic mass is 16.5. The molecule has 4 nitrogen and oxygen atoms in total. The van der Waals surface area contributed by atoms with Crippen molar-refractivity contribution in [2.75, 3.05) is 6.61 Å². The molecule has 0 aromatic heterocycles. The molecule has 4 heteroatoms. The van der Waals surface area contributed by atoms with Gasteiger partial charge in [0.25, 0.3) is 0 Å². The summed E-state index contributed by atoms with van der Waals surface area (Å²) >= 11 is 0. The SMILES string of the molecule is CCOC(=O)Cc1ccc(C2(O)CCC(C(C)(C)C)CC2O)cc1. The maximum Gasteiger partial charge on any atom is 0.310 e. The van der Waals surface area contributed by atoms with E-state index in [-0.39, 0.29) is 17.8 Å². The Morgan fingerprint density at radius 1 is 1.29 bits per heavy atom. The number of carbonyl (C=O) groups excluding carboxylic acids is 1. The van der Waals surface area contributed by atoms with Gasteiger partial charge < -0.3 is 14.9 Å². The first-order valence-corrected chi connectivity index (χ1v) is 8.82. The molecule has 2 rings (SSSR count). The van der Waals surface area contributed by atoms with Crippen molar-refractivity contribution in [1.29, 1.82) is 0 Å². The third-order valence-corrected chi connectivity index (χ3v) is 5.27. The van der Waals surface area contributed by atoms with Gasteiger partial charge in [-0.15, -0.1) is 0 Å². The van der Waals surface area contributed by atoms with Crippen LogP contribution in [0.1, 0.15) is 58.1 Å². The van der Waals surface area contributed by atoms with Crippen molar-refractivity contribution < 1.29 is 19.7 Å². The number of aliphatic hydroxyl groups is 2. The van der Waals surface area contributed by atoms with Gasteiger partial charge in [0.05, 0.1) is 19.1 Å². The first kappa shape index (κ1) is 18.9. The maximum atomic E-state index is 11.5. The average Bonchev–Trinajstić information content (AvgIpc) is 2.50. The zero-order valence-electron chi connectivity index (χ0n) is 15.2. The molecule has 1 aromatic rings. The van der Waals surface area contributed by atoms with E-state index in [9.17, 15) is 15.0 Å². The summed E-state index contributed by atoms with van der Waals surface area (Å²) < 4.78 is 4.94. The van der Waals surface area contributed by atoms with Crippen LogP contribution in [-0.2, 0) is 21.6 Å². The van der Waals surface area contributed by atoms with Gasteiger partial charge in [-0.2, -0.15) is 0 Å². The number of rotatable bonds is 4. The lowest BCUT2D eigenvalue weighted by Crippen LogP contribution is -2.46. The molecule has 2 N–H and O–H groups in total. The average molecular weight is 334 g/mol. The predicted octanol–water partition coefficient (Wildman–Crippen LogP) is 3.19. The molecule has 1 aliphatic carbocycles. The van der Waals surface area contributed by atoms with Gasteiger partial charge in [0, 0.05) is 0 Å². The zero-order chi connectivity index (χ0) is 18.0. The summed E-state index contributed by atoms with van der Waals surface area (Å²) in [5.41, 5.74) is 0.490. The molecule has 0 bridgehead atoms. The largest absolute Gasteiger partial charge is 0.466 e. The van der Waals surface area contributed by atoms with Crippen LogP contribution in [0, 0.1) is 11.3 Å². The minimum absolute atomic E-state index is 0.131. The number of esters is 1. The quantitative estimate of drug-likeness (QED) is 0.830. The fourth-order valence-electron chi connectivity index (χ4n) is 3.56. The molecule has 3 atom stereocenters. The predicted molar refractivity (Wildman–Crippen MR) is 93.5 cm³/mol. The molecule has 0 saturated heterocycles. The van der Waals surface area contributed by atoms with Crippen LogP contribution >= 0.6 is 0 Å². The third-order valence-electron chi connectivity index (χ3n) is 5.27. The van der Waals surface area contributed by atoms with Gasteiger partial charge in [0.2, 0.25) is 0 Å². The van der Waals surface area contributed by atoms with Gasteiger partial charge in [-0.25, -0.2) is 0 Å². The molecule has 1 aliphatic rings. The van der Waals surface area contributed by atoms with Crippen LogP contribution in [0.5, 0.6) is 0 Å². The highest BCUT2D eigenvalue weighted by Crippen LogP contribution is 2.45. The Balaban J connectivity index is 2.09. The van der Waals surface area contributed by atoms with Crippen molar-refractivity contribution in [3.63, 3.8) is 0 Å². The van der Waals surface area contributed by atoms with Gasteiger partial charge in [0.15, 0.2) is 0 Å². The molecular weight excluding hydrogens is 304 g/mol. The van der Waals surface area contributed by atoms with Gasteiger partial charge in [-0.1, -0.05) is 45.0 Å². The highest BCUT2D eigenvalue weighted by molar-refractivity contribution is 5.72. The number of ether oxygens (including phenoxy) is 1.